The van der Waals surface area contributed by atoms with Gasteiger partial charge in [-0.05, 0) is 56.4 Å². The Hall–Kier alpha value is -0.860. The van der Waals surface area contributed by atoms with Crippen molar-refractivity contribution in [2.24, 2.45) is 5.73 Å². The van der Waals surface area contributed by atoms with E-state index in [1.807, 2.05) is 13.8 Å². The zero-order valence-electron chi connectivity index (χ0n) is 14.9. The maximum Gasteiger partial charge on any atom is 0.00218 e. The Kier molecular flexibility index (Phi) is 12.3. The summed E-state index contributed by atoms with van der Waals surface area (Å²) in [5.74, 6) is 0.645. The van der Waals surface area contributed by atoms with Crippen LogP contribution in [0.3, 0.4) is 0 Å². The van der Waals surface area contributed by atoms with Crippen molar-refractivity contribution in [2.45, 2.75) is 59.3 Å². The van der Waals surface area contributed by atoms with Crippen molar-refractivity contribution in [3.8, 4) is 0 Å². The van der Waals surface area contributed by atoms with Crippen LogP contribution >= 0.6 is 0 Å². The van der Waals surface area contributed by atoms with Crippen LogP contribution in [0.15, 0.2) is 24.3 Å². The van der Waals surface area contributed by atoms with Gasteiger partial charge in [0.1, 0.15) is 0 Å². The Morgan fingerprint density at radius 3 is 1.95 bits per heavy atom. The summed E-state index contributed by atoms with van der Waals surface area (Å²) >= 11 is 0. The summed E-state index contributed by atoms with van der Waals surface area (Å²) in [6, 6.07) is 9.19. The summed E-state index contributed by atoms with van der Waals surface area (Å²) in [6.45, 7) is 12.4. The van der Waals surface area contributed by atoms with E-state index in [0.29, 0.717) is 5.92 Å². The predicted molar refractivity (Wildman–Crippen MR) is 96.0 cm³/mol. The molecule has 0 aliphatic carbocycles. The first-order valence-electron chi connectivity index (χ1n) is 8.64. The van der Waals surface area contributed by atoms with Gasteiger partial charge in [0.15, 0.2) is 0 Å². The first-order chi connectivity index (χ1) is 10.3. The third-order valence-electron chi connectivity index (χ3n) is 3.81. The van der Waals surface area contributed by atoms with Crippen LogP contribution in [0.25, 0.3) is 0 Å². The number of hydrogen-bond donors (Lipinski definition) is 1. The normalized spacial score (nSPS) is 14.8. The smallest absolute Gasteiger partial charge is 0.00218 e. The van der Waals surface area contributed by atoms with Gasteiger partial charge in [0.05, 0.1) is 0 Å². The van der Waals surface area contributed by atoms with Crippen molar-refractivity contribution in [3.05, 3.63) is 35.4 Å². The van der Waals surface area contributed by atoms with Crippen LogP contribution in [0.5, 0.6) is 0 Å². The van der Waals surface area contributed by atoms with Crippen molar-refractivity contribution >= 4 is 0 Å². The van der Waals surface area contributed by atoms with E-state index in [0.717, 1.165) is 0 Å². The van der Waals surface area contributed by atoms with Gasteiger partial charge < -0.3 is 10.6 Å². The van der Waals surface area contributed by atoms with Gasteiger partial charge in [-0.1, -0.05) is 58.4 Å². The highest BCUT2D eigenvalue weighted by Crippen LogP contribution is 2.15. The molecule has 1 saturated heterocycles. The molecule has 0 bridgehead atoms. The molecule has 0 saturated carbocycles. The molecule has 1 aromatic rings. The molecule has 1 fully saturated rings. The van der Waals surface area contributed by atoms with Crippen molar-refractivity contribution < 1.29 is 0 Å². The average Bonchev–Trinajstić information content (AvgIpc) is 2.58. The third kappa shape index (κ3) is 8.23. The summed E-state index contributed by atoms with van der Waals surface area (Å²) in [7, 11) is 1.50. The van der Waals surface area contributed by atoms with Gasteiger partial charge in [0.2, 0.25) is 0 Å². The first-order valence-corrected chi connectivity index (χ1v) is 8.64. The maximum atomic E-state index is 4.50. The molecule has 1 aliphatic rings. The molecule has 1 aliphatic heterocycles. The quantitative estimate of drug-likeness (QED) is 0.889. The van der Waals surface area contributed by atoms with Crippen LogP contribution in [0, 0.1) is 0 Å². The van der Waals surface area contributed by atoms with Crippen LogP contribution in [-0.4, -0.2) is 31.6 Å². The molecule has 0 radical (unpaired) electrons. The molecule has 0 spiro atoms. The number of nitrogens with zero attached hydrogens (tertiary/aromatic N) is 1. The van der Waals surface area contributed by atoms with Gasteiger partial charge in [-0.3, -0.25) is 0 Å². The molecule has 1 aromatic carbocycles. The van der Waals surface area contributed by atoms with E-state index in [9.17, 15) is 0 Å². The van der Waals surface area contributed by atoms with E-state index < -0.39 is 0 Å². The maximum absolute atomic E-state index is 4.50. The minimum atomic E-state index is 0.645. The molecular weight excluding hydrogens is 256 g/mol. The minimum Gasteiger partial charge on any atom is -0.333 e. The molecule has 2 N–H and O–H groups in total. The lowest BCUT2D eigenvalue weighted by Gasteiger charge is -2.26. The van der Waals surface area contributed by atoms with E-state index >= 15 is 0 Å². The highest BCUT2D eigenvalue weighted by Gasteiger charge is 2.09. The molecule has 122 valence electrons. The monoisotopic (exact) mass is 292 g/mol. The fraction of sp³-hybridized carbons (Fsp3) is 0.684. The summed E-state index contributed by atoms with van der Waals surface area (Å²) < 4.78 is 0. The predicted octanol–water partition coefficient (Wildman–Crippen LogP) is 4.44. The fourth-order valence-corrected chi connectivity index (χ4v) is 2.54. The van der Waals surface area contributed by atoms with Crippen molar-refractivity contribution in [1.82, 2.24) is 4.90 Å². The number of piperidine rings is 1. The average molecular weight is 293 g/mol. The number of nitrogens with two attached hydrogens (primary N) is 1. The second kappa shape index (κ2) is 12.8. The Bertz CT molecular complexity index is 324. The second-order valence-electron chi connectivity index (χ2n) is 5.55. The van der Waals surface area contributed by atoms with Crippen LogP contribution < -0.4 is 5.73 Å². The highest BCUT2D eigenvalue weighted by molar-refractivity contribution is 5.24. The topological polar surface area (TPSA) is 29.3 Å². The lowest BCUT2D eigenvalue weighted by molar-refractivity contribution is 0.231. The molecule has 0 atom stereocenters. The Morgan fingerprint density at radius 1 is 0.952 bits per heavy atom. The van der Waals surface area contributed by atoms with Gasteiger partial charge in [0, 0.05) is 6.54 Å². The molecule has 0 aromatic heterocycles. The molecule has 2 nitrogen and oxygen atoms in total. The van der Waals surface area contributed by atoms with E-state index in [-0.39, 0.29) is 0 Å². The van der Waals surface area contributed by atoms with Crippen molar-refractivity contribution in [3.63, 3.8) is 0 Å². The molecule has 0 amide bonds. The molecular formula is C19H36N2. The minimum absolute atomic E-state index is 0.645. The lowest BCUT2D eigenvalue weighted by atomic mass is 10.0. The van der Waals surface area contributed by atoms with Crippen LogP contribution in [-0.2, 0) is 6.42 Å². The summed E-state index contributed by atoms with van der Waals surface area (Å²) in [5.41, 5.74) is 7.44. The van der Waals surface area contributed by atoms with E-state index in [1.165, 1.54) is 63.5 Å². The van der Waals surface area contributed by atoms with Gasteiger partial charge in [0.25, 0.3) is 0 Å². The SMILES string of the molecule is CC.CC(C)c1ccc(CCN2CCCCC2)cc1.CN. The zero-order valence-corrected chi connectivity index (χ0v) is 14.9. The van der Waals surface area contributed by atoms with Crippen LogP contribution in [0.4, 0.5) is 0 Å². The van der Waals surface area contributed by atoms with Crippen LogP contribution in [0.2, 0.25) is 0 Å². The Morgan fingerprint density at radius 2 is 1.48 bits per heavy atom. The number of likely N-dealkylation sites (tertiary alicyclic amines) is 1. The standard InChI is InChI=1S/C16H25N.C2H6.CH5N/c1-14(2)16-8-6-15(7-9-16)10-13-17-11-4-3-5-12-17;2*1-2/h6-9,14H,3-5,10-13H2,1-2H3;1-2H3;2H2,1H3. The summed E-state index contributed by atoms with van der Waals surface area (Å²) in [6.07, 6.45) is 5.43. The highest BCUT2D eigenvalue weighted by atomic mass is 15.1. The van der Waals surface area contributed by atoms with Gasteiger partial charge in [-0.25, -0.2) is 0 Å². The largest absolute Gasteiger partial charge is 0.333 e. The Labute approximate surface area is 132 Å². The number of hydrogen-bond acceptors (Lipinski definition) is 2. The lowest BCUT2D eigenvalue weighted by Crippen LogP contribution is -2.31. The first kappa shape index (κ1) is 20.1. The van der Waals surface area contributed by atoms with E-state index in [4.69, 9.17) is 0 Å². The number of benzene rings is 1. The van der Waals surface area contributed by atoms with Gasteiger partial charge >= 0.3 is 0 Å². The van der Waals surface area contributed by atoms with Gasteiger partial charge in [-0.2, -0.15) is 0 Å². The fourth-order valence-electron chi connectivity index (χ4n) is 2.54. The van der Waals surface area contributed by atoms with E-state index in [1.54, 1.807) is 0 Å². The summed E-state index contributed by atoms with van der Waals surface area (Å²) in [5, 5.41) is 0. The second-order valence-corrected chi connectivity index (χ2v) is 5.55. The van der Waals surface area contributed by atoms with Crippen molar-refractivity contribution in [2.75, 3.05) is 26.7 Å². The van der Waals surface area contributed by atoms with Crippen LogP contribution in [0.1, 0.15) is 64.0 Å². The summed E-state index contributed by atoms with van der Waals surface area (Å²) in [4.78, 5) is 2.61. The zero-order chi connectivity index (χ0) is 16.1. The molecule has 21 heavy (non-hydrogen) atoms. The number of rotatable bonds is 4. The van der Waals surface area contributed by atoms with Gasteiger partial charge in [-0.15, -0.1) is 0 Å². The molecule has 0 unspecified atom stereocenters. The van der Waals surface area contributed by atoms with E-state index in [2.05, 4.69) is 48.7 Å². The third-order valence-corrected chi connectivity index (χ3v) is 3.81. The molecule has 2 heteroatoms. The molecule has 2 rings (SSSR count). The van der Waals surface area contributed by atoms with Crippen molar-refractivity contribution in [1.29, 1.82) is 0 Å². The molecule has 1 heterocycles. The Balaban J connectivity index is 0.000000921.